The van der Waals surface area contributed by atoms with Crippen molar-refractivity contribution >= 4 is 6.08 Å². The van der Waals surface area contributed by atoms with Crippen molar-refractivity contribution in [1.29, 1.82) is 0 Å². The molecule has 0 atom stereocenters. The molecule has 0 aromatic carbocycles. The van der Waals surface area contributed by atoms with Crippen LogP contribution >= 0.6 is 0 Å². The van der Waals surface area contributed by atoms with Crippen molar-refractivity contribution in [2.75, 3.05) is 0 Å². The third-order valence-electron chi connectivity index (χ3n) is 1.26. The fraction of sp³-hybridized carbons (Fsp3) is 0. The summed E-state index contributed by atoms with van der Waals surface area (Å²) in [5, 5.41) is 0. The van der Waals surface area contributed by atoms with Crippen molar-refractivity contribution in [3.8, 4) is 0 Å². The van der Waals surface area contributed by atoms with E-state index >= 15 is 0 Å². The normalized spacial score (nSPS) is 8.31. The van der Waals surface area contributed by atoms with Crippen LogP contribution in [0.1, 0.15) is 5.82 Å². The molecule has 3 heteroatoms. The third kappa shape index (κ3) is 3.86. The molecule has 0 aliphatic rings. The van der Waals surface area contributed by atoms with E-state index in [4.69, 9.17) is 0 Å². The van der Waals surface area contributed by atoms with Gasteiger partial charge >= 0.3 is 0 Å². The fourth-order valence-corrected chi connectivity index (χ4v) is 0.694. The summed E-state index contributed by atoms with van der Waals surface area (Å²) < 4.78 is 0. The van der Waals surface area contributed by atoms with Gasteiger partial charge < -0.3 is 4.98 Å². The Balaban J connectivity index is 0.000000145. The molecule has 2 aromatic rings. The molecule has 0 fully saturated rings. The smallest absolute Gasteiger partial charge is 0.151 e. The number of H-pyrrole nitrogens is 1. The van der Waals surface area contributed by atoms with Crippen molar-refractivity contribution in [1.82, 2.24) is 15.0 Å². The third-order valence-corrected chi connectivity index (χ3v) is 1.26. The first kappa shape index (κ1) is 9.19. The lowest BCUT2D eigenvalue weighted by atomic mass is 10.5. The van der Waals surface area contributed by atoms with Crippen molar-refractivity contribution < 1.29 is 0 Å². The van der Waals surface area contributed by atoms with Gasteiger partial charge in [-0.1, -0.05) is 6.58 Å². The van der Waals surface area contributed by atoms with Gasteiger partial charge in [-0.05, 0) is 24.3 Å². The predicted molar refractivity (Wildman–Crippen MR) is 52.9 cm³/mol. The van der Waals surface area contributed by atoms with Crippen LogP contribution in [0.4, 0.5) is 0 Å². The van der Waals surface area contributed by atoms with Gasteiger partial charge in [-0.3, -0.25) is 0 Å². The standard InChI is InChI=1S/C6H6N2.C4H5N/c1-2-6-7-4-3-5-8-6;1-2-4-5-3-1/h2-5H,1H2;1-5H. The van der Waals surface area contributed by atoms with E-state index in [0.29, 0.717) is 5.82 Å². The maximum Gasteiger partial charge on any atom is 0.151 e. The number of aromatic amines is 1. The van der Waals surface area contributed by atoms with Crippen LogP contribution in [-0.4, -0.2) is 15.0 Å². The Morgan fingerprint density at radius 3 is 2.00 bits per heavy atom. The summed E-state index contributed by atoms with van der Waals surface area (Å²) in [5.41, 5.74) is 0. The summed E-state index contributed by atoms with van der Waals surface area (Å²) in [4.78, 5) is 10.6. The average molecular weight is 173 g/mol. The zero-order valence-corrected chi connectivity index (χ0v) is 7.22. The Labute approximate surface area is 77.2 Å². The quantitative estimate of drug-likeness (QED) is 0.717. The molecule has 2 aromatic heterocycles. The fourth-order valence-electron chi connectivity index (χ4n) is 0.694. The molecule has 0 spiro atoms. The first-order valence-electron chi connectivity index (χ1n) is 3.90. The Hall–Kier alpha value is -1.90. The summed E-state index contributed by atoms with van der Waals surface area (Å²) >= 11 is 0. The summed E-state index contributed by atoms with van der Waals surface area (Å²) in [5.74, 6) is 0.674. The van der Waals surface area contributed by atoms with E-state index < -0.39 is 0 Å². The zero-order valence-electron chi connectivity index (χ0n) is 7.22. The van der Waals surface area contributed by atoms with Gasteiger partial charge in [0.15, 0.2) is 5.82 Å². The molecule has 0 amide bonds. The molecule has 0 radical (unpaired) electrons. The second kappa shape index (κ2) is 5.71. The number of nitrogens with one attached hydrogen (secondary N) is 1. The van der Waals surface area contributed by atoms with Crippen molar-refractivity contribution in [3.05, 3.63) is 55.4 Å². The van der Waals surface area contributed by atoms with E-state index in [1.165, 1.54) is 0 Å². The van der Waals surface area contributed by atoms with Gasteiger partial charge in [0.2, 0.25) is 0 Å². The Kier molecular flexibility index (Phi) is 4.04. The van der Waals surface area contributed by atoms with Crippen LogP contribution in [0.3, 0.4) is 0 Å². The van der Waals surface area contributed by atoms with Gasteiger partial charge in [0.1, 0.15) is 0 Å². The average Bonchev–Trinajstić information content (AvgIpc) is 2.77. The molecule has 2 heterocycles. The van der Waals surface area contributed by atoms with Crippen molar-refractivity contribution in [3.63, 3.8) is 0 Å². The molecule has 0 aliphatic carbocycles. The SMILES string of the molecule is C=Cc1ncccn1.c1cc[nH]c1. The van der Waals surface area contributed by atoms with Crippen LogP contribution in [0.5, 0.6) is 0 Å². The second-order valence-electron chi connectivity index (χ2n) is 2.20. The molecule has 1 N–H and O–H groups in total. The van der Waals surface area contributed by atoms with Crippen LogP contribution in [0, 0.1) is 0 Å². The van der Waals surface area contributed by atoms with E-state index in [0.717, 1.165) is 0 Å². The largest absolute Gasteiger partial charge is 0.368 e. The van der Waals surface area contributed by atoms with Crippen LogP contribution in [0.2, 0.25) is 0 Å². The first-order valence-corrected chi connectivity index (χ1v) is 3.90. The lowest BCUT2D eigenvalue weighted by Gasteiger charge is -1.83. The molecule has 0 saturated carbocycles. The Morgan fingerprint density at radius 1 is 1.08 bits per heavy atom. The van der Waals surface area contributed by atoms with Crippen LogP contribution in [0.15, 0.2) is 49.6 Å². The monoisotopic (exact) mass is 173 g/mol. The van der Waals surface area contributed by atoms with Gasteiger partial charge in [0, 0.05) is 24.8 Å². The van der Waals surface area contributed by atoms with Crippen molar-refractivity contribution in [2.24, 2.45) is 0 Å². The molecule has 0 unspecified atom stereocenters. The highest BCUT2D eigenvalue weighted by molar-refractivity contribution is 5.34. The number of hydrogen-bond acceptors (Lipinski definition) is 2. The molecule has 2 rings (SSSR count). The summed E-state index contributed by atoms with van der Waals surface area (Å²) in [6.45, 7) is 3.51. The van der Waals surface area contributed by atoms with Gasteiger partial charge in [0.25, 0.3) is 0 Å². The second-order valence-corrected chi connectivity index (χ2v) is 2.20. The zero-order chi connectivity index (χ0) is 9.36. The number of rotatable bonds is 1. The highest BCUT2D eigenvalue weighted by atomic mass is 14.8. The number of nitrogens with zero attached hydrogens (tertiary/aromatic N) is 2. The molecule has 0 aliphatic heterocycles. The molecular formula is C10H11N3. The maximum absolute atomic E-state index is 3.87. The first-order chi connectivity index (χ1) is 6.43. The summed E-state index contributed by atoms with van der Waals surface area (Å²) in [6, 6.07) is 5.66. The minimum absolute atomic E-state index is 0.674. The van der Waals surface area contributed by atoms with E-state index in [2.05, 4.69) is 21.5 Å². The number of aromatic nitrogens is 3. The van der Waals surface area contributed by atoms with Crippen LogP contribution in [-0.2, 0) is 0 Å². The molecule has 0 saturated heterocycles. The van der Waals surface area contributed by atoms with E-state index in [9.17, 15) is 0 Å². The molecule has 0 bridgehead atoms. The van der Waals surface area contributed by atoms with Crippen LogP contribution in [0.25, 0.3) is 6.08 Å². The Bertz CT molecular complexity index is 296. The predicted octanol–water partition coefficient (Wildman–Crippen LogP) is 2.13. The molecule has 3 nitrogen and oxygen atoms in total. The van der Waals surface area contributed by atoms with E-state index in [-0.39, 0.29) is 0 Å². The van der Waals surface area contributed by atoms with E-state index in [1.54, 1.807) is 24.5 Å². The lowest BCUT2D eigenvalue weighted by molar-refractivity contribution is 1.14. The van der Waals surface area contributed by atoms with Gasteiger partial charge in [-0.15, -0.1) is 0 Å². The Morgan fingerprint density at radius 2 is 1.69 bits per heavy atom. The van der Waals surface area contributed by atoms with Gasteiger partial charge in [-0.25, -0.2) is 9.97 Å². The highest BCUT2D eigenvalue weighted by Gasteiger charge is 1.79. The van der Waals surface area contributed by atoms with Crippen molar-refractivity contribution in [2.45, 2.75) is 0 Å². The molecule has 13 heavy (non-hydrogen) atoms. The molecule has 66 valence electrons. The topological polar surface area (TPSA) is 41.6 Å². The summed E-state index contributed by atoms with van der Waals surface area (Å²) in [6.07, 6.45) is 8.73. The highest BCUT2D eigenvalue weighted by Crippen LogP contribution is 1.85. The number of hydrogen-bond donors (Lipinski definition) is 1. The van der Waals surface area contributed by atoms with Crippen LogP contribution < -0.4 is 0 Å². The van der Waals surface area contributed by atoms with Gasteiger partial charge in [-0.2, -0.15) is 0 Å². The minimum Gasteiger partial charge on any atom is -0.368 e. The van der Waals surface area contributed by atoms with E-state index in [1.807, 2.05) is 24.5 Å². The lowest BCUT2D eigenvalue weighted by Crippen LogP contribution is -1.80. The maximum atomic E-state index is 3.87. The molecular weight excluding hydrogens is 162 g/mol. The van der Waals surface area contributed by atoms with Gasteiger partial charge in [0.05, 0.1) is 0 Å². The minimum atomic E-state index is 0.674. The summed E-state index contributed by atoms with van der Waals surface area (Å²) in [7, 11) is 0.